The number of nitrogens with one attached hydrogen (secondary N) is 3. The molecule has 2 fully saturated rings. The summed E-state index contributed by atoms with van der Waals surface area (Å²) in [6, 6.07) is 7.48. The Hall–Kier alpha value is -2.86. The van der Waals surface area contributed by atoms with Crippen LogP contribution in [-0.2, 0) is 31.8 Å². The second-order valence-electron chi connectivity index (χ2n) is 10.4. The normalized spacial score (nSPS) is 20.5. The zero-order chi connectivity index (χ0) is 29.4. The van der Waals surface area contributed by atoms with Crippen molar-refractivity contribution in [2.45, 2.75) is 46.8 Å². The van der Waals surface area contributed by atoms with Crippen molar-refractivity contribution >= 4 is 31.2 Å². The molecule has 2 aromatic heterocycles. The average molecular weight is 611 g/mol. The van der Waals surface area contributed by atoms with Crippen molar-refractivity contribution in [1.82, 2.24) is 28.9 Å². The first-order valence-corrected chi connectivity index (χ1v) is 16.1. The van der Waals surface area contributed by atoms with Crippen LogP contribution in [0.3, 0.4) is 0 Å². The van der Waals surface area contributed by atoms with E-state index < -0.39 is 31.8 Å². The fourth-order valence-electron chi connectivity index (χ4n) is 5.23. The van der Waals surface area contributed by atoms with E-state index >= 15 is 0 Å². The molecule has 0 bridgehead atoms. The second-order valence-corrected chi connectivity index (χ2v) is 14.2. The number of H-pyrrole nitrogens is 1. The van der Waals surface area contributed by atoms with E-state index in [0.717, 1.165) is 0 Å². The molecule has 0 radical (unpaired) electrons. The SMILES string of the molecule is CNS(=O)(=O)c1cccc(OC[C@@H](O)CN[C@H]2COC3(CCN(S(=O)(=O)c4cnc5[nH]c(=O)n(C)c5c4)CC3)C2)c1. The van der Waals surface area contributed by atoms with E-state index in [1.807, 2.05) is 0 Å². The molecule has 3 aromatic rings. The van der Waals surface area contributed by atoms with Crippen LogP contribution in [-0.4, -0.2) is 98.4 Å². The molecule has 5 rings (SSSR count). The van der Waals surface area contributed by atoms with Crippen molar-refractivity contribution in [1.29, 1.82) is 0 Å². The number of ether oxygens (including phenoxy) is 2. The van der Waals surface area contributed by atoms with Gasteiger partial charge in [-0.3, -0.25) is 9.55 Å². The van der Waals surface area contributed by atoms with Gasteiger partial charge < -0.3 is 19.9 Å². The number of sulfonamides is 2. The Bertz CT molecular complexity index is 1680. The quantitative estimate of drug-likeness (QED) is 0.234. The number of aliphatic hydroxyl groups excluding tert-OH is 1. The summed E-state index contributed by atoms with van der Waals surface area (Å²) >= 11 is 0. The highest BCUT2D eigenvalue weighted by atomic mass is 32.2. The molecule has 16 heteroatoms. The van der Waals surface area contributed by atoms with Gasteiger partial charge in [-0.15, -0.1) is 0 Å². The van der Waals surface area contributed by atoms with Gasteiger partial charge >= 0.3 is 5.69 Å². The Balaban J connectivity index is 1.10. The first-order valence-electron chi connectivity index (χ1n) is 13.2. The number of fused-ring (bicyclic) bond motifs is 1. The number of pyridine rings is 1. The zero-order valence-electron chi connectivity index (χ0n) is 22.7. The summed E-state index contributed by atoms with van der Waals surface area (Å²) in [5.41, 5.74) is -0.0636. The minimum atomic E-state index is -3.80. The minimum absolute atomic E-state index is 0.0154. The number of hydrogen-bond donors (Lipinski definition) is 4. The molecule has 1 spiro atoms. The molecule has 2 aliphatic heterocycles. The van der Waals surface area contributed by atoms with Crippen LogP contribution in [0.25, 0.3) is 11.2 Å². The third kappa shape index (κ3) is 6.18. The number of aliphatic hydroxyl groups is 1. The van der Waals surface area contributed by atoms with Gasteiger partial charge in [-0.2, -0.15) is 4.31 Å². The number of piperidine rings is 1. The predicted molar refractivity (Wildman–Crippen MR) is 149 cm³/mol. The van der Waals surface area contributed by atoms with Crippen molar-refractivity contribution < 1.29 is 31.4 Å². The van der Waals surface area contributed by atoms with Gasteiger partial charge in [-0.25, -0.2) is 31.3 Å². The lowest BCUT2D eigenvalue weighted by Gasteiger charge is -2.38. The number of nitrogens with zero attached hydrogens (tertiary/aromatic N) is 3. The Labute approximate surface area is 237 Å². The number of benzene rings is 1. The van der Waals surface area contributed by atoms with Gasteiger partial charge in [0.1, 0.15) is 23.4 Å². The second kappa shape index (κ2) is 11.4. The van der Waals surface area contributed by atoms with Crippen LogP contribution in [0.1, 0.15) is 19.3 Å². The molecule has 2 atom stereocenters. The van der Waals surface area contributed by atoms with Crippen LogP contribution in [0.5, 0.6) is 5.75 Å². The standard InChI is InChI=1S/C25H34N6O8S2/c1-26-40(34,35)20-5-3-4-19(10-20)38-16-18(32)13-27-17-12-25(39-15-17)6-8-31(9-7-25)41(36,37)21-11-22-23(28-14-21)29-24(33)30(22)2/h3-5,10-11,14,17-18,26-27,32H,6-9,12-13,15-16H2,1-2H3,(H,28,29,33)/t17-,18+/m1/s1. The molecule has 0 unspecified atom stereocenters. The monoisotopic (exact) mass is 610 g/mol. The summed E-state index contributed by atoms with van der Waals surface area (Å²) in [7, 11) is -4.52. The first kappa shape index (κ1) is 29.6. The molecular weight excluding hydrogens is 576 g/mol. The van der Waals surface area contributed by atoms with Crippen LogP contribution in [0.2, 0.25) is 0 Å². The largest absolute Gasteiger partial charge is 0.491 e. The maximum Gasteiger partial charge on any atom is 0.327 e. The van der Waals surface area contributed by atoms with Crippen LogP contribution < -0.4 is 20.5 Å². The fourth-order valence-corrected chi connectivity index (χ4v) is 7.40. The Morgan fingerprint density at radius 3 is 2.71 bits per heavy atom. The highest BCUT2D eigenvalue weighted by molar-refractivity contribution is 7.89. The smallest absolute Gasteiger partial charge is 0.327 e. The third-order valence-electron chi connectivity index (χ3n) is 7.68. The average Bonchev–Trinajstić information content (AvgIpc) is 3.50. The predicted octanol–water partition coefficient (Wildman–Crippen LogP) is -0.489. The molecule has 0 saturated carbocycles. The van der Waals surface area contributed by atoms with Gasteiger partial charge in [0.25, 0.3) is 0 Å². The van der Waals surface area contributed by atoms with Gasteiger partial charge in [0.15, 0.2) is 5.65 Å². The van der Waals surface area contributed by atoms with Crippen molar-refractivity contribution in [2.75, 3.05) is 39.9 Å². The molecule has 0 aliphatic carbocycles. The number of imidazole rings is 1. The summed E-state index contributed by atoms with van der Waals surface area (Å²) in [6.07, 6.45) is 2.16. The van der Waals surface area contributed by atoms with E-state index in [-0.39, 0.29) is 47.8 Å². The molecule has 4 N–H and O–H groups in total. The lowest BCUT2D eigenvalue weighted by Crippen LogP contribution is -2.47. The highest BCUT2D eigenvalue weighted by Crippen LogP contribution is 2.37. The van der Waals surface area contributed by atoms with Gasteiger partial charge in [0.2, 0.25) is 20.0 Å². The number of aryl methyl sites for hydroxylation is 1. The molecule has 41 heavy (non-hydrogen) atoms. The maximum atomic E-state index is 13.3. The Kier molecular flexibility index (Phi) is 8.26. The minimum Gasteiger partial charge on any atom is -0.491 e. The zero-order valence-corrected chi connectivity index (χ0v) is 24.4. The lowest BCUT2D eigenvalue weighted by molar-refractivity contribution is -0.0312. The van der Waals surface area contributed by atoms with E-state index in [2.05, 4.69) is 20.0 Å². The van der Waals surface area contributed by atoms with Crippen LogP contribution in [0.15, 0.2) is 51.1 Å². The molecule has 1 aromatic carbocycles. The van der Waals surface area contributed by atoms with E-state index in [9.17, 15) is 26.7 Å². The molecule has 0 amide bonds. The first-order chi connectivity index (χ1) is 19.4. The van der Waals surface area contributed by atoms with Crippen molar-refractivity contribution in [3.05, 3.63) is 47.0 Å². The molecule has 2 aliphatic rings. The van der Waals surface area contributed by atoms with Gasteiger partial charge in [0, 0.05) is 45.0 Å². The molecule has 224 valence electrons. The van der Waals surface area contributed by atoms with Gasteiger partial charge in [-0.05, 0) is 44.5 Å². The van der Waals surface area contributed by atoms with Crippen LogP contribution in [0.4, 0.5) is 0 Å². The van der Waals surface area contributed by atoms with Crippen molar-refractivity contribution in [2.24, 2.45) is 7.05 Å². The van der Waals surface area contributed by atoms with Crippen LogP contribution in [0, 0.1) is 0 Å². The number of hydrogen-bond acceptors (Lipinski definition) is 10. The Morgan fingerprint density at radius 2 is 1.98 bits per heavy atom. The van der Waals surface area contributed by atoms with E-state index in [0.29, 0.717) is 42.8 Å². The lowest BCUT2D eigenvalue weighted by atomic mass is 9.88. The van der Waals surface area contributed by atoms with Crippen molar-refractivity contribution in [3.63, 3.8) is 0 Å². The number of rotatable bonds is 10. The summed E-state index contributed by atoms with van der Waals surface area (Å²) < 4.78 is 67.3. The van der Waals surface area contributed by atoms with E-state index in [4.69, 9.17) is 9.47 Å². The Morgan fingerprint density at radius 1 is 1.22 bits per heavy atom. The highest BCUT2D eigenvalue weighted by Gasteiger charge is 2.44. The number of aromatic nitrogens is 3. The summed E-state index contributed by atoms with van der Waals surface area (Å²) in [4.78, 5) is 18.7. The maximum absolute atomic E-state index is 13.3. The fraction of sp³-hybridized carbons (Fsp3) is 0.520. The third-order valence-corrected chi connectivity index (χ3v) is 11.0. The molecular formula is C25H34N6O8S2. The summed E-state index contributed by atoms with van der Waals surface area (Å²) in [5, 5.41) is 13.7. The van der Waals surface area contributed by atoms with Gasteiger partial charge in [-0.1, -0.05) is 6.07 Å². The number of aromatic amines is 1. The summed E-state index contributed by atoms with van der Waals surface area (Å²) in [6.45, 7) is 1.23. The van der Waals surface area contributed by atoms with Crippen molar-refractivity contribution in [3.8, 4) is 5.75 Å². The van der Waals surface area contributed by atoms with Crippen LogP contribution >= 0.6 is 0 Å². The molecule has 14 nitrogen and oxygen atoms in total. The summed E-state index contributed by atoms with van der Waals surface area (Å²) in [5.74, 6) is 0.332. The van der Waals surface area contributed by atoms with E-state index in [1.54, 1.807) is 19.2 Å². The molecule has 4 heterocycles. The van der Waals surface area contributed by atoms with Gasteiger partial charge in [0.05, 0.1) is 22.6 Å². The molecule has 2 saturated heterocycles. The van der Waals surface area contributed by atoms with E-state index in [1.165, 1.54) is 40.3 Å². The topological polar surface area (TPSA) is 185 Å².